The van der Waals surface area contributed by atoms with E-state index in [2.05, 4.69) is 9.72 Å². The summed E-state index contributed by atoms with van der Waals surface area (Å²) in [7, 11) is 0. The Balaban J connectivity index is 0.000000816. The first-order valence-electron chi connectivity index (χ1n) is 6.55. The molecule has 0 spiro atoms. The van der Waals surface area contributed by atoms with Crippen LogP contribution in [0.3, 0.4) is 0 Å². The van der Waals surface area contributed by atoms with E-state index < -0.39 is 22.7 Å². The highest BCUT2D eigenvalue weighted by Gasteiger charge is 2.40. The Morgan fingerprint density at radius 2 is 1.87 bits per heavy atom. The molecule has 124 valence electrons. The Bertz CT molecular complexity index is 654. The van der Waals surface area contributed by atoms with Gasteiger partial charge in [0.05, 0.1) is 6.61 Å². The number of esters is 1. The van der Waals surface area contributed by atoms with Crippen LogP contribution >= 0.6 is 11.3 Å². The van der Waals surface area contributed by atoms with Crippen LogP contribution in [0.1, 0.15) is 29.2 Å². The molecule has 2 aromatic rings. The minimum absolute atomic E-state index is 0.00863. The fourth-order valence-corrected chi connectivity index (χ4v) is 2.54. The van der Waals surface area contributed by atoms with Gasteiger partial charge in [0.2, 0.25) is 0 Å². The SMILES string of the molecule is CC=O.CCOC(=O)c1sc(-c2ccccc2)nc1C(F)(F)F. The minimum atomic E-state index is -4.69. The number of aldehydes is 1. The summed E-state index contributed by atoms with van der Waals surface area (Å²) in [5, 5.41) is 0.140. The van der Waals surface area contributed by atoms with E-state index in [0.717, 1.165) is 6.29 Å². The highest BCUT2D eigenvalue weighted by atomic mass is 32.1. The van der Waals surface area contributed by atoms with Crippen LogP contribution in [0.15, 0.2) is 30.3 Å². The van der Waals surface area contributed by atoms with Gasteiger partial charge in [-0.25, -0.2) is 9.78 Å². The van der Waals surface area contributed by atoms with Crippen molar-refractivity contribution in [2.24, 2.45) is 0 Å². The lowest BCUT2D eigenvalue weighted by molar-refractivity contribution is -0.141. The van der Waals surface area contributed by atoms with Gasteiger partial charge < -0.3 is 9.53 Å². The van der Waals surface area contributed by atoms with Crippen LogP contribution in [-0.2, 0) is 15.7 Å². The second-order valence-electron chi connectivity index (χ2n) is 4.02. The summed E-state index contributed by atoms with van der Waals surface area (Å²) >= 11 is 0.682. The van der Waals surface area contributed by atoms with Gasteiger partial charge in [0.1, 0.15) is 16.2 Å². The zero-order valence-electron chi connectivity index (χ0n) is 12.4. The Morgan fingerprint density at radius 1 is 1.30 bits per heavy atom. The molecule has 23 heavy (non-hydrogen) atoms. The van der Waals surface area contributed by atoms with E-state index in [-0.39, 0.29) is 11.6 Å². The van der Waals surface area contributed by atoms with Crippen molar-refractivity contribution in [1.82, 2.24) is 4.98 Å². The number of ether oxygens (including phenoxy) is 1. The van der Waals surface area contributed by atoms with Gasteiger partial charge >= 0.3 is 12.1 Å². The summed E-state index contributed by atoms with van der Waals surface area (Å²) < 4.78 is 43.4. The Hall–Kier alpha value is -2.22. The second kappa shape index (κ2) is 8.42. The fourth-order valence-electron chi connectivity index (χ4n) is 1.55. The number of rotatable bonds is 3. The molecule has 0 aliphatic heterocycles. The molecule has 0 bridgehead atoms. The van der Waals surface area contributed by atoms with Crippen molar-refractivity contribution < 1.29 is 27.5 Å². The monoisotopic (exact) mass is 345 g/mol. The summed E-state index contributed by atoms with van der Waals surface area (Å²) in [5.74, 6) is -1.00. The van der Waals surface area contributed by atoms with Crippen molar-refractivity contribution in [2.45, 2.75) is 20.0 Å². The van der Waals surface area contributed by atoms with Crippen LogP contribution in [0.4, 0.5) is 13.2 Å². The topological polar surface area (TPSA) is 56.3 Å². The molecule has 0 atom stereocenters. The second-order valence-corrected chi connectivity index (χ2v) is 5.02. The molecule has 2 rings (SSSR count). The van der Waals surface area contributed by atoms with Gasteiger partial charge in [-0.05, 0) is 13.8 Å². The first-order chi connectivity index (χ1) is 10.8. The maximum Gasteiger partial charge on any atom is 0.435 e. The average Bonchev–Trinajstić information content (AvgIpc) is 2.95. The number of nitrogens with zero attached hydrogens (tertiary/aromatic N) is 1. The lowest BCUT2D eigenvalue weighted by atomic mass is 10.2. The first kappa shape index (κ1) is 18.8. The summed E-state index contributed by atoms with van der Waals surface area (Å²) in [6.45, 7) is 2.99. The molecule has 0 aliphatic rings. The number of hydrogen-bond acceptors (Lipinski definition) is 5. The molecule has 0 saturated carbocycles. The predicted octanol–water partition coefficient (Wildman–Crippen LogP) is 4.21. The Labute approximate surface area is 134 Å². The van der Waals surface area contributed by atoms with Crippen LogP contribution in [0.5, 0.6) is 0 Å². The molecule has 8 heteroatoms. The number of carbonyl (C=O) groups is 2. The average molecular weight is 345 g/mol. The molecule has 0 aliphatic carbocycles. The van der Waals surface area contributed by atoms with Crippen LogP contribution in [0.25, 0.3) is 10.6 Å². The van der Waals surface area contributed by atoms with Gasteiger partial charge in [0.25, 0.3) is 0 Å². The Morgan fingerprint density at radius 3 is 2.35 bits per heavy atom. The number of benzene rings is 1. The predicted molar refractivity (Wildman–Crippen MR) is 80.2 cm³/mol. The van der Waals surface area contributed by atoms with Crippen molar-refractivity contribution in [3.05, 3.63) is 40.9 Å². The third kappa shape index (κ3) is 5.17. The number of carbonyl (C=O) groups excluding carboxylic acids is 2. The molecule has 0 saturated heterocycles. The highest BCUT2D eigenvalue weighted by molar-refractivity contribution is 7.17. The molecule has 1 heterocycles. The van der Waals surface area contributed by atoms with Gasteiger partial charge in [-0.15, -0.1) is 11.3 Å². The molecular weight excluding hydrogens is 331 g/mol. The van der Waals surface area contributed by atoms with Crippen molar-refractivity contribution in [1.29, 1.82) is 0 Å². The number of halogens is 3. The molecule has 0 unspecified atom stereocenters. The summed E-state index contributed by atoms with van der Waals surface area (Å²) in [4.78, 5) is 23.4. The lowest BCUT2D eigenvalue weighted by Crippen LogP contribution is -2.13. The third-order valence-corrected chi connectivity index (χ3v) is 3.46. The van der Waals surface area contributed by atoms with Gasteiger partial charge in [-0.3, -0.25) is 0 Å². The van der Waals surface area contributed by atoms with E-state index in [0.29, 0.717) is 16.9 Å². The van der Waals surface area contributed by atoms with E-state index in [1.54, 1.807) is 30.3 Å². The largest absolute Gasteiger partial charge is 0.462 e. The number of aromatic nitrogens is 1. The fraction of sp³-hybridized carbons (Fsp3) is 0.267. The van der Waals surface area contributed by atoms with E-state index >= 15 is 0 Å². The molecule has 1 aromatic carbocycles. The molecule has 0 amide bonds. The van der Waals surface area contributed by atoms with Gasteiger partial charge in [0, 0.05) is 5.56 Å². The molecule has 0 fully saturated rings. The van der Waals surface area contributed by atoms with Crippen LogP contribution in [0.2, 0.25) is 0 Å². The smallest absolute Gasteiger partial charge is 0.435 e. The number of hydrogen-bond donors (Lipinski definition) is 0. The number of alkyl halides is 3. The zero-order valence-corrected chi connectivity index (χ0v) is 13.2. The maximum atomic E-state index is 12.9. The van der Waals surface area contributed by atoms with Crippen LogP contribution in [-0.4, -0.2) is 23.8 Å². The molecule has 1 aromatic heterocycles. The van der Waals surface area contributed by atoms with Crippen molar-refractivity contribution in [3.8, 4) is 10.6 Å². The third-order valence-electron chi connectivity index (χ3n) is 2.38. The quantitative estimate of drug-likeness (QED) is 0.618. The summed E-state index contributed by atoms with van der Waals surface area (Å²) in [6.07, 6.45) is -3.94. The van der Waals surface area contributed by atoms with Crippen molar-refractivity contribution >= 4 is 23.6 Å². The highest BCUT2D eigenvalue weighted by Crippen LogP contribution is 2.37. The first-order valence-corrected chi connectivity index (χ1v) is 7.37. The van der Waals surface area contributed by atoms with E-state index in [1.165, 1.54) is 13.8 Å². The summed E-state index contributed by atoms with van der Waals surface area (Å²) in [5.41, 5.74) is -0.668. The van der Waals surface area contributed by atoms with Crippen molar-refractivity contribution in [2.75, 3.05) is 6.61 Å². The van der Waals surface area contributed by atoms with Crippen molar-refractivity contribution in [3.63, 3.8) is 0 Å². The van der Waals surface area contributed by atoms with E-state index in [1.807, 2.05) is 0 Å². The Kier molecular flexibility index (Phi) is 6.89. The van der Waals surface area contributed by atoms with E-state index in [9.17, 15) is 18.0 Å². The van der Waals surface area contributed by atoms with Gasteiger partial charge in [-0.1, -0.05) is 30.3 Å². The molecule has 4 nitrogen and oxygen atoms in total. The molecule has 0 radical (unpaired) electrons. The lowest BCUT2D eigenvalue weighted by Gasteiger charge is -2.05. The zero-order chi connectivity index (χ0) is 17.5. The summed E-state index contributed by atoms with van der Waals surface area (Å²) in [6, 6.07) is 8.39. The van der Waals surface area contributed by atoms with Crippen LogP contribution in [0, 0.1) is 0 Å². The number of thiazole rings is 1. The normalized spacial score (nSPS) is 10.5. The minimum Gasteiger partial charge on any atom is -0.462 e. The molecule has 0 N–H and O–H groups in total. The maximum absolute atomic E-state index is 12.9. The van der Waals surface area contributed by atoms with Gasteiger partial charge in [-0.2, -0.15) is 13.2 Å². The van der Waals surface area contributed by atoms with Gasteiger partial charge in [0.15, 0.2) is 5.69 Å². The van der Waals surface area contributed by atoms with Crippen LogP contribution < -0.4 is 0 Å². The van der Waals surface area contributed by atoms with E-state index in [4.69, 9.17) is 4.79 Å². The molecular formula is C15H14F3NO3S. The standard InChI is InChI=1S/C13H10F3NO2S.C2H4O/c1-2-19-12(18)9-10(13(14,15)16)17-11(20-9)8-6-4-3-5-7-8;1-2-3/h3-7H,2H2,1H3;2H,1H3.